The van der Waals surface area contributed by atoms with Crippen molar-refractivity contribution in [3.8, 4) is 11.5 Å². The summed E-state index contributed by atoms with van der Waals surface area (Å²) in [7, 11) is 3.09. The second-order valence-electron chi connectivity index (χ2n) is 6.70. The summed E-state index contributed by atoms with van der Waals surface area (Å²) in [6.45, 7) is 2.44. The lowest BCUT2D eigenvalue weighted by Gasteiger charge is -2.33. The van der Waals surface area contributed by atoms with Gasteiger partial charge in [0.15, 0.2) is 11.5 Å². The van der Waals surface area contributed by atoms with Crippen LogP contribution in [0.15, 0.2) is 53.5 Å². The molecule has 2 heterocycles. The highest BCUT2D eigenvalue weighted by Gasteiger charge is 2.23. The lowest BCUT2D eigenvalue weighted by molar-refractivity contribution is -0.0421. The van der Waals surface area contributed by atoms with Gasteiger partial charge in [0, 0.05) is 18.5 Å². The predicted molar refractivity (Wildman–Crippen MR) is 106 cm³/mol. The largest absolute Gasteiger partial charge is 0.493 e. The average Bonchev–Trinajstić information content (AvgIpc) is 2.75. The van der Waals surface area contributed by atoms with E-state index in [0.717, 1.165) is 17.5 Å². The van der Waals surface area contributed by atoms with Crippen LogP contribution < -0.4 is 15.0 Å². The number of rotatable bonds is 5. The van der Waals surface area contributed by atoms with Crippen LogP contribution in [-0.2, 0) is 11.4 Å². The first-order valence-electron chi connectivity index (χ1n) is 9.21. The van der Waals surface area contributed by atoms with Crippen LogP contribution in [0, 0.1) is 0 Å². The van der Waals surface area contributed by atoms with Crippen LogP contribution in [0.1, 0.15) is 11.7 Å². The molecule has 0 spiro atoms. The van der Waals surface area contributed by atoms with Gasteiger partial charge < -0.3 is 14.2 Å². The van der Waals surface area contributed by atoms with Gasteiger partial charge in [-0.25, -0.2) is 4.68 Å². The first-order chi connectivity index (χ1) is 13.7. The third-order valence-corrected chi connectivity index (χ3v) is 5.02. The van der Waals surface area contributed by atoms with E-state index < -0.39 is 0 Å². The van der Waals surface area contributed by atoms with Gasteiger partial charge in [-0.2, -0.15) is 5.10 Å². The summed E-state index contributed by atoms with van der Waals surface area (Å²) in [5.74, 6) is 0.964. The molecule has 1 saturated heterocycles. The molecule has 0 bridgehead atoms. The van der Waals surface area contributed by atoms with E-state index in [1.54, 1.807) is 19.4 Å². The van der Waals surface area contributed by atoms with Crippen molar-refractivity contribution in [2.75, 3.05) is 33.9 Å². The van der Waals surface area contributed by atoms with Gasteiger partial charge in [0.05, 0.1) is 45.2 Å². The Bertz CT molecular complexity index is 1020. The van der Waals surface area contributed by atoms with Crippen LogP contribution in [0.2, 0.25) is 0 Å². The highest BCUT2D eigenvalue weighted by Crippen LogP contribution is 2.32. The Labute approximate surface area is 163 Å². The molecule has 28 heavy (non-hydrogen) atoms. The zero-order valence-electron chi connectivity index (χ0n) is 16.0. The van der Waals surface area contributed by atoms with E-state index in [1.807, 2.05) is 24.3 Å². The maximum absolute atomic E-state index is 13.1. The molecule has 1 atom stereocenters. The Hall–Kier alpha value is -2.90. The van der Waals surface area contributed by atoms with E-state index in [0.29, 0.717) is 36.7 Å². The van der Waals surface area contributed by atoms with E-state index in [1.165, 1.54) is 11.8 Å². The highest BCUT2D eigenvalue weighted by atomic mass is 16.5. The molecule has 0 N–H and O–H groups in total. The summed E-state index contributed by atoms with van der Waals surface area (Å²) in [6, 6.07) is 13.7. The van der Waals surface area contributed by atoms with Crippen molar-refractivity contribution in [3.63, 3.8) is 0 Å². The third kappa shape index (κ3) is 3.46. The third-order valence-electron chi connectivity index (χ3n) is 5.02. The number of ether oxygens (including phenoxy) is 3. The molecule has 0 radical (unpaired) electrons. The number of benzene rings is 2. The van der Waals surface area contributed by atoms with Gasteiger partial charge in [0.1, 0.15) is 0 Å². The van der Waals surface area contributed by atoms with E-state index in [9.17, 15) is 4.79 Å². The van der Waals surface area contributed by atoms with Crippen molar-refractivity contribution in [1.82, 2.24) is 14.7 Å². The Morgan fingerprint density at radius 1 is 1.14 bits per heavy atom. The van der Waals surface area contributed by atoms with E-state index in [4.69, 9.17) is 14.2 Å². The fourth-order valence-corrected chi connectivity index (χ4v) is 3.57. The van der Waals surface area contributed by atoms with Crippen molar-refractivity contribution in [2.45, 2.75) is 12.8 Å². The van der Waals surface area contributed by atoms with Gasteiger partial charge in [-0.1, -0.05) is 30.3 Å². The molecule has 1 aromatic heterocycles. The van der Waals surface area contributed by atoms with Crippen LogP contribution in [0.25, 0.3) is 10.8 Å². The number of nitrogens with zero attached hydrogens (tertiary/aromatic N) is 3. The predicted octanol–water partition coefficient (Wildman–Crippen LogP) is 2.44. The first-order valence-corrected chi connectivity index (χ1v) is 9.21. The molecule has 0 unspecified atom stereocenters. The fraction of sp³-hybridized carbons (Fsp3) is 0.333. The SMILES string of the molecule is COc1ccc2cnn(CN3CCO[C@H](c4ccccc4)C3)c(=O)c2c1OC. The summed E-state index contributed by atoms with van der Waals surface area (Å²) in [5, 5.41) is 5.56. The topological polar surface area (TPSA) is 65.8 Å². The summed E-state index contributed by atoms with van der Waals surface area (Å²) >= 11 is 0. The number of aromatic nitrogens is 2. The van der Waals surface area contributed by atoms with Crippen LogP contribution in [-0.4, -0.2) is 48.6 Å². The minimum absolute atomic E-state index is 0.0132. The van der Waals surface area contributed by atoms with E-state index in [2.05, 4.69) is 22.1 Å². The maximum atomic E-state index is 13.1. The minimum atomic E-state index is -0.198. The summed E-state index contributed by atoms with van der Waals surface area (Å²) < 4.78 is 18.2. The molecule has 1 fully saturated rings. The van der Waals surface area contributed by atoms with E-state index in [-0.39, 0.29) is 11.7 Å². The Kier molecular flexibility index (Phi) is 5.27. The van der Waals surface area contributed by atoms with Crippen LogP contribution in [0.5, 0.6) is 11.5 Å². The average molecular weight is 381 g/mol. The minimum Gasteiger partial charge on any atom is -0.493 e. The van der Waals surface area contributed by atoms with Crippen molar-refractivity contribution < 1.29 is 14.2 Å². The monoisotopic (exact) mass is 381 g/mol. The second kappa shape index (κ2) is 8.00. The molecule has 7 heteroatoms. The smallest absolute Gasteiger partial charge is 0.279 e. The number of fused-ring (bicyclic) bond motifs is 1. The van der Waals surface area contributed by atoms with Crippen molar-refractivity contribution in [3.05, 3.63) is 64.6 Å². The number of morpholine rings is 1. The lowest BCUT2D eigenvalue weighted by atomic mass is 10.1. The molecular weight excluding hydrogens is 358 g/mol. The second-order valence-corrected chi connectivity index (χ2v) is 6.70. The molecule has 4 rings (SSSR count). The zero-order valence-corrected chi connectivity index (χ0v) is 16.0. The van der Waals surface area contributed by atoms with Gasteiger partial charge in [-0.3, -0.25) is 9.69 Å². The summed E-state index contributed by atoms with van der Waals surface area (Å²) in [5.41, 5.74) is 0.938. The van der Waals surface area contributed by atoms with Crippen molar-refractivity contribution in [1.29, 1.82) is 0 Å². The first kappa shape index (κ1) is 18.5. The van der Waals surface area contributed by atoms with Gasteiger partial charge in [-0.15, -0.1) is 0 Å². The fourth-order valence-electron chi connectivity index (χ4n) is 3.57. The maximum Gasteiger partial charge on any atom is 0.279 e. The molecule has 146 valence electrons. The molecule has 7 nitrogen and oxygen atoms in total. The molecule has 0 amide bonds. The van der Waals surface area contributed by atoms with Gasteiger partial charge >= 0.3 is 0 Å². The molecular formula is C21H23N3O4. The van der Waals surface area contributed by atoms with Gasteiger partial charge in [0.25, 0.3) is 5.56 Å². The number of hydrogen-bond donors (Lipinski definition) is 0. The standard InChI is InChI=1S/C21H23N3O4/c1-26-17-9-8-16-12-22-24(21(25)19(16)20(17)27-2)14-23-10-11-28-18(13-23)15-6-4-3-5-7-15/h3-9,12,18H,10-11,13-14H2,1-2H3/t18-/m0/s1. The Morgan fingerprint density at radius 2 is 1.96 bits per heavy atom. The van der Waals surface area contributed by atoms with Gasteiger partial charge in [0.2, 0.25) is 0 Å². The van der Waals surface area contributed by atoms with Crippen LogP contribution in [0.4, 0.5) is 0 Å². The van der Waals surface area contributed by atoms with Crippen molar-refractivity contribution in [2.24, 2.45) is 0 Å². The quantitative estimate of drug-likeness (QED) is 0.676. The molecule has 3 aromatic rings. The lowest BCUT2D eigenvalue weighted by Crippen LogP contribution is -2.42. The normalized spacial score (nSPS) is 17.6. The van der Waals surface area contributed by atoms with Crippen molar-refractivity contribution >= 4 is 10.8 Å². The highest BCUT2D eigenvalue weighted by molar-refractivity contribution is 5.89. The Balaban J connectivity index is 1.63. The van der Waals surface area contributed by atoms with Crippen LogP contribution >= 0.6 is 0 Å². The van der Waals surface area contributed by atoms with E-state index >= 15 is 0 Å². The number of hydrogen-bond acceptors (Lipinski definition) is 6. The van der Waals surface area contributed by atoms with Gasteiger partial charge in [-0.05, 0) is 17.7 Å². The zero-order chi connectivity index (χ0) is 19.5. The molecule has 0 saturated carbocycles. The summed E-state index contributed by atoms with van der Waals surface area (Å²) in [6.07, 6.45) is 1.68. The van der Waals surface area contributed by atoms with Crippen LogP contribution in [0.3, 0.4) is 0 Å². The molecule has 2 aromatic carbocycles. The molecule has 1 aliphatic rings. The molecule has 1 aliphatic heterocycles. The number of methoxy groups -OCH3 is 2. The summed E-state index contributed by atoms with van der Waals surface area (Å²) in [4.78, 5) is 15.3. The Morgan fingerprint density at radius 3 is 2.71 bits per heavy atom. The molecule has 0 aliphatic carbocycles.